The Bertz CT molecular complexity index is 211. The summed E-state index contributed by atoms with van der Waals surface area (Å²) >= 11 is 0. The molecular weight excluding hydrogens is 192 g/mol. The molecule has 0 aromatic rings. The zero-order valence-corrected chi connectivity index (χ0v) is 9.13. The van der Waals surface area contributed by atoms with E-state index in [9.17, 15) is 4.79 Å². The molecule has 1 unspecified atom stereocenters. The highest BCUT2D eigenvalue weighted by Gasteiger charge is 2.20. The first-order chi connectivity index (χ1) is 7.34. The molecule has 1 amide bonds. The Morgan fingerprint density at radius 3 is 2.80 bits per heavy atom. The van der Waals surface area contributed by atoms with Crippen molar-refractivity contribution in [1.82, 2.24) is 10.6 Å². The lowest BCUT2D eigenvalue weighted by atomic mass is 10.1. The highest BCUT2D eigenvalue weighted by Crippen LogP contribution is 2.18. The summed E-state index contributed by atoms with van der Waals surface area (Å²) in [7, 11) is 0. The van der Waals surface area contributed by atoms with E-state index in [1.54, 1.807) is 0 Å². The van der Waals surface area contributed by atoms with Gasteiger partial charge in [0.1, 0.15) is 0 Å². The van der Waals surface area contributed by atoms with Crippen molar-refractivity contribution in [2.45, 2.75) is 44.2 Å². The molecule has 0 spiro atoms. The van der Waals surface area contributed by atoms with Crippen LogP contribution in [-0.2, 0) is 9.53 Å². The minimum atomic E-state index is 0.152. The molecular formula is C11H20N2O2. The number of nitrogens with one attached hydrogen (secondary N) is 2. The maximum absolute atomic E-state index is 11.5. The summed E-state index contributed by atoms with van der Waals surface area (Å²) in [6.45, 7) is 2.33. The van der Waals surface area contributed by atoms with Crippen LogP contribution >= 0.6 is 0 Å². The lowest BCUT2D eigenvalue weighted by molar-refractivity contribution is -0.122. The largest absolute Gasteiger partial charge is 0.379 e. The Balaban J connectivity index is 1.54. The van der Waals surface area contributed by atoms with Crippen LogP contribution in [0.1, 0.15) is 32.1 Å². The fraction of sp³-hybridized carbons (Fsp3) is 0.909. The molecule has 0 aromatic carbocycles. The van der Waals surface area contributed by atoms with Crippen LogP contribution < -0.4 is 10.6 Å². The first kappa shape index (κ1) is 10.9. The van der Waals surface area contributed by atoms with Gasteiger partial charge in [-0.3, -0.25) is 4.79 Å². The SMILES string of the molecule is O=C(CCNC1CC1)NC1CCCOC1. The highest BCUT2D eigenvalue weighted by atomic mass is 16.5. The molecule has 2 rings (SSSR count). The van der Waals surface area contributed by atoms with Gasteiger partial charge in [-0.2, -0.15) is 0 Å². The standard InChI is InChI=1S/C11H20N2O2/c14-11(5-6-12-9-3-4-9)13-10-2-1-7-15-8-10/h9-10,12H,1-8H2,(H,13,14). The van der Waals surface area contributed by atoms with E-state index in [1.165, 1.54) is 12.8 Å². The van der Waals surface area contributed by atoms with Crippen molar-refractivity contribution in [3.05, 3.63) is 0 Å². The fourth-order valence-electron chi connectivity index (χ4n) is 1.83. The Labute approximate surface area is 90.8 Å². The van der Waals surface area contributed by atoms with Gasteiger partial charge in [0.15, 0.2) is 0 Å². The summed E-state index contributed by atoms with van der Waals surface area (Å²) in [4.78, 5) is 11.5. The van der Waals surface area contributed by atoms with Crippen LogP contribution in [-0.4, -0.2) is 37.7 Å². The van der Waals surface area contributed by atoms with Crippen molar-refractivity contribution in [2.75, 3.05) is 19.8 Å². The van der Waals surface area contributed by atoms with Gasteiger partial charge in [-0.15, -0.1) is 0 Å². The minimum Gasteiger partial charge on any atom is -0.379 e. The Kier molecular flexibility index (Phi) is 3.97. The topological polar surface area (TPSA) is 50.4 Å². The van der Waals surface area contributed by atoms with E-state index < -0.39 is 0 Å². The second-order valence-electron chi connectivity index (χ2n) is 4.46. The quantitative estimate of drug-likeness (QED) is 0.694. The molecule has 1 heterocycles. The van der Waals surface area contributed by atoms with Crippen LogP contribution in [0.3, 0.4) is 0 Å². The number of ether oxygens (including phenoxy) is 1. The summed E-state index contributed by atoms with van der Waals surface area (Å²) in [5.74, 6) is 0.152. The smallest absolute Gasteiger partial charge is 0.221 e. The third kappa shape index (κ3) is 4.18. The molecule has 0 bridgehead atoms. The van der Waals surface area contributed by atoms with Crippen molar-refractivity contribution in [3.8, 4) is 0 Å². The molecule has 2 aliphatic rings. The second-order valence-corrected chi connectivity index (χ2v) is 4.46. The average Bonchev–Trinajstić information content (AvgIpc) is 3.03. The van der Waals surface area contributed by atoms with Crippen LogP contribution in [0, 0.1) is 0 Å². The van der Waals surface area contributed by atoms with Gasteiger partial charge < -0.3 is 15.4 Å². The van der Waals surface area contributed by atoms with E-state index in [2.05, 4.69) is 10.6 Å². The predicted molar refractivity (Wildman–Crippen MR) is 57.6 cm³/mol. The summed E-state index contributed by atoms with van der Waals surface area (Å²) in [6.07, 6.45) is 5.26. The molecule has 1 saturated carbocycles. The van der Waals surface area contributed by atoms with Crippen LogP contribution in [0.4, 0.5) is 0 Å². The highest BCUT2D eigenvalue weighted by molar-refractivity contribution is 5.76. The number of carbonyl (C=O) groups excluding carboxylic acids is 1. The van der Waals surface area contributed by atoms with Gasteiger partial charge in [0, 0.05) is 25.6 Å². The van der Waals surface area contributed by atoms with Crippen LogP contribution in [0.15, 0.2) is 0 Å². The molecule has 86 valence electrons. The molecule has 1 atom stereocenters. The molecule has 1 saturated heterocycles. The molecule has 2 fully saturated rings. The maximum Gasteiger partial charge on any atom is 0.221 e. The molecule has 4 nitrogen and oxygen atoms in total. The van der Waals surface area contributed by atoms with E-state index >= 15 is 0 Å². The third-order valence-electron chi connectivity index (χ3n) is 2.89. The summed E-state index contributed by atoms with van der Waals surface area (Å²) in [5, 5.41) is 6.34. The van der Waals surface area contributed by atoms with Gasteiger partial charge in [0.25, 0.3) is 0 Å². The molecule has 15 heavy (non-hydrogen) atoms. The Hall–Kier alpha value is -0.610. The molecule has 2 N–H and O–H groups in total. The first-order valence-electron chi connectivity index (χ1n) is 5.95. The van der Waals surface area contributed by atoms with Crippen molar-refractivity contribution in [2.24, 2.45) is 0 Å². The summed E-state index contributed by atoms with van der Waals surface area (Å²) in [5.41, 5.74) is 0. The normalized spacial score (nSPS) is 26.3. The van der Waals surface area contributed by atoms with E-state index in [0.29, 0.717) is 19.1 Å². The van der Waals surface area contributed by atoms with Crippen molar-refractivity contribution >= 4 is 5.91 Å². The van der Waals surface area contributed by atoms with Gasteiger partial charge in [0.05, 0.1) is 12.6 Å². The molecule has 4 heteroatoms. The van der Waals surface area contributed by atoms with Crippen molar-refractivity contribution < 1.29 is 9.53 Å². The van der Waals surface area contributed by atoms with Gasteiger partial charge in [-0.1, -0.05) is 0 Å². The molecule has 1 aliphatic carbocycles. The van der Waals surface area contributed by atoms with E-state index in [4.69, 9.17) is 4.74 Å². The molecule has 0 aromatic heterocycles. The zero-order valence-electron chi connectivity index (χ0n) is 9.13. The molecule has 0 radical (unpaired) electrons. The minimum absolute atomic E-state index is 0.152. The fourth-order valence-corrected chi connectivity index (χ4v) is 1.83. The van der Waals surface area contributed by atoms with Gasteiger partial charge in [-0.25, -0.2) is 0 Å². The predicted octanol–water partition coefficient (Wildman–Crippen LogP) is 0.424. The third-order valence-corrected chi connectivity index (χ3v) is 2.89. The lowest BCUT2D eigenvalue weighted by Gasteiger charge is -2.23. The van der Waals surface area contributed by atoms with Crippen molar-refractivity contribution in [1.29, 1.82) is 0 Å². The number of amides is 1. The lowest BCUT2D eigenvalue weighted by Crippen LogP contribution is -2.41. The van der Waals surface area contributed by atoms with Crippen molar-refractivity contribution in [3.63, 3.8) is 0 Å². The van der Waals surface area contributed by atoms with Crippen LogP contribution in [0.2, 0.25) is 0 Å². The molecule has 1 aliphatic heterocycles. The maximum atomic E-state index is 11.5. The Morgan fingerprint density at radius 2 is 2.13 bits per heavy atom. The van der Waals surface area contributed by atoms with Crippen LogP contribution in [0.5, 0.6) is 0 Å². The Morgan fingerprint density at radius 1 is 1.27 bits per heavy atom. The first-order valence-corrected chi connectivity index (χ1v) is 5.95. The van der Waals surface area contributed by atoms with Gasteiger partial charge in [-0.05, 0) is 25.7 Å². The number of hydrogen-bond donors (Lipinski definition) is 2. The van der Waals surface area contributed by atoms with E-state index in [0.717, 1.165) is 26.0 Å². The second kappa shape index (κ2) is 5.47. The van der Waals surface area contributed by atoms with Gasteiger partial charge >= 0.3 is 0 Å². The zero-order chi connectivity index (χ0) is 10.5. The number of hydrogen-bond acceptors (Lipinski definition) is 3. The van der Waals surface area contributed by atoms with E-state index in [-0.39, 0.29) is 11.9 Å². The van der Waals surface area contributed by atoms with Crippen LogP contribution in [0.25, 0.3) is 0 Å². The number of carbonyl (C=O) groups is 1. The average molecular weight is 212 g/mol. The van der Waals surface area contributed by atoms with E-state index in [1.807, 2.05) is 0 Å². The summed E-state index contributed by atoms with van der Waals surface area (Å²) in [6, 6.07) is 0.933. The van der Waals surface area contributed by atoms with Gasteiger partial charge in [0.2, 0.25) is 5.91 Å². The summed E-state index contributed by atoms with van der Waals surface area (Å²) < 4.78 is 5.31. The number of rotatable bonds is 5. The monoisotopic (exact) mass is 212 g/mol.